The van der Waals surface area contributed by atoms with Crippen LogP contribution < -0.4 is 18.9 Å². The molecule has 0 aromatic heterocycles. The largest absolute Gasteiger partial charge is 0.491 e. The number of fused-ring (bicyclic) bond motifs is 1. The Morgan fingerprint density at radius 2 is 1.77 bits per heavy atom. The lowest BCUT2D eigenvalue weighted by molar-refractivity contribution is -0.127. The lowest BCUT2D eigenvalue weighted by Gasteiger charge is -2.21. The van der Waals surface area contributed by atoms with Gasteiger partial charge in [-0.3, -0.25) is 9.52 Å². The molecular formula is C21H26N2O6S. The molecular weight excluding hydrogens is 408 g/mol. The Kier molecular flexibility index (Phi) is 6.71. The molecule has 0 saturated carbocycles. The molecule has 1 N–H and O–H groups in total. The van der Waals surface area contributed by atoms with Gasteiger partial charge in [-0.2, -0.15) is 0 Å². The topological polar surface area (TPSA) is 94.2 Å². The van der Waals surface area contributed by atoms with Gasteiger partial charge in [-0.1, -0.05) is 6.07 Å². The third-order valence-electron chi connectivity index (χ3n) is 4.27. The van der Waals surface area contributed by atoms with Crippen LogP contribution in [0.3, 0.4) is 0 Å². The molecule has 30 heavy (non-hydrogen) atoms. The summed E-state index contributed by atoms with van der Waals surface area (Å²) >= 11 is 0. The molecule has 0 saturated heterocycles. The maximum Gasteiger partial charge on any atom is 0.241 e. The van der Waals surface area contributed by atoms with Crippen LogP contribution >= 0.6 is 0 Å². The van der Waals surface area contributed by atoms with E-state index in [4.69, 9.17) is 14.2 Å². The van der Waals surface area contributed by atoms with Crippen molar-refractivity contribution in [2.75, 3.05) is 30.7 Å². The van der Waals surface area contributed by atoms with Crippen molar-refractivity contribution >= 4 is 21.6 Å². The number of ether oxygens (including phenoxy) is 3. The van der Waals surface area contributed by atoms with Gasteiger partial charge in [0.2, 0.25) is 15.9 Å². The number of carbonyl (C=O) groups excluding carboxylic acids is 1. The van der Waals surface area contributed by atoms with Gasteiger partial charge in [-0.05, 0) is 55.8 Å². The first-order valence-corrected chi connectivity index (χ1v) is 11.3. The van der Waals surface area contributed by atoms with Crippen molar-refractivity contribution in [2.24, 2.45) is 0 Å². The predicted octanol–water partition coefficient (Wildman–Crippen LogP) is 2.65. The van der Waals surface area contributed by atoms with E-state index < -0.39 is 21.7 Å². The molecule has 0 unspecified atom stereocenters. The maximum absolute atomic E-state index is 12.4. The number of benzene rings is 2. The van der Waals surface area contributed by atoms with E-state index in [-0.39, 0.29) is 12.6 Å². The fourth-order valence-electron chi connectivity index (χ4n) is 2.91. The van der Waals surface area contributed by atoms with Gasteiger partial charge in [0.15, 0.2) is 11.5 Å². The molecule has 2 aromatic rings. The van der Waals surface area contributed by atoms with Gasteiger partial charge in [0.25, 0.3) is 0 Å². The highest BCUT2D eigenvalue weighted by Crippen LogP contribution is 2.31. The second-order valence-electron chi connectivity index (χ2n) is 7.28. The van der Waals surface area contributed by atoms with Crippen LogP contribution in [0, 0.1) is 0 Å². The summed E-state index contributed by atoms with van der Waals surface area (Å²) in [6.45, 7) is 5.04. The Balaban J connectivity index is 1.57. The molecule has 0 radical (unpaired) electrons. The van der Waals surface area contributed by atoms with Crippen molar-refractivity contribution in [3.8, 4) is 17.2 Å². The highest BCUT2D eigenvalue weighted by atomic mass is 32.2. The normalized spacial score (nSPS) is 13.1. The van der Waals surface area contributed by atoms with Crippen molar-refractivity contribution in [3.63, 3.8) is 0 Å². The Hall–Kier alpha value is -2.94. The third kappa shape index (κ3) is 6.03. The second-order valence-corrected chi connectivity index (χ2v) is 9.00. The van der Waals surface area contributed by atoms with E-state index in [0.29, 0.717) is 36.1 Å². The van der Waals surface area contributed by atoms with Gasteiger partial charge in [0.05, 0.1) is 6.10 Å². The summed E-state index contributed by atoms with van der Waals surface area (Å²) in [6, 6.07) is 11.9. The van der Waals surface area contributed by atoms with Crippen LogP contribution in [0.1, 0.15) is 19.4 Å². The molecule has 1 aliphatic rings. The van der Waals surface area contributed by atoms with Crippen molar-refractivity contribution in [1.82, 2.24) is 4.90 Å². The minimum Gasteiger partial charge on any atom is -0.491 e. The van der Waals surface area contributed by atoms with Gasteiger partial charge < -0.3 is 19.1 Å². The smallest absolute Gasteiger partial charge is 0.241 e. The molecule has 1 heterocycles. The molecule has 0 atom stereocenters. The molecule has 1 aliphatic heterocycles. The van der Waals surface area contributed by atoms with E-state index in [0.717, 1.165) is 5.56 Å². The zero-order valence-electron chi connectivity index (χ0n) is 17.3. The fourth-order valence-corrected chi connectivity index (χ4v) is 4.02. The summed E-state index contributed by atoms with van der Waals surface area (Å²) < 4.78 is 43.8. The number of nitrogens with one attached hydrogen (secondary N) is 1. The zero-order chi connectivity index (χ0) is 21.7. The fraction of sp³-hybridized carbons (Fsp3) is 0.381. The van der Waals surface area contributed by atoms with Crippen LogP contribution in [0.15, 0.2) is 42.5 Å². The van der Waals surface area contributed by atoms with Crippen molar-refractivity contribution in [3.05, 3.63) is 48.0 Å². The summed E-state index contributed by atoms with van der Waals surface area (Å²) in [7, 11) is -2.29. The first kappa shape index (κ1) is 21.8. The number of sulfonamides is 1. The van der Waals surface area contributed by atoms with E-state index in [1.807, 2.05) is 19.9 Å². The van der Waals surface area contributed by atoms with E-state index in [1.54, 1.807) is 43.4 Å². The average molecular weight is 435 g/mol. The average Bonchev–Trinajstić information content (AvgIpc) is 2.68. The minimum absolute atomic E-state index is 0.0231. The van der Waals surface area contributed by atoms with E-state index in [1.165, 1.54) is 4.90 Å². The SMILES string of the molecule is CC(C)Oc1ccc(NS(=O)(=O)CC(=O)N(C)Cc2ccc3c(c2)OCCO3)cc1. The van der Waals surface area contributed by atoms with Crippen molar-refractivity contribution in [1.29, 1.82) is 0 Å². The quantitative estimate of drug-likeness (QED) is 0.687. The molecule has 0 bridgehead atoms. The number of amides is 1. The van der Waals surface area contributed by atoms with Crippen LogP contribution in [-0.2, 0) is 21.4 Å². The molecule has 162 valence electrons. The molecule has 8 nitrogen and oxygen atoms in total. The Bertz CT molecular complexity index is 989. The van der Waals surface area contributed by atoms with Gasteiger partial charge in [0.1, 0.15) is 24.7 Å². The number of carbonyl (C=O) groups is 1. The number of nitrogens with zero attached hydrogens (tertiary/aromatic N) is 1. The predicted molar refractivity (Wildman–Crippen MR) is 114 cm³/mol. The van der Waals surface area contributed by atoms with Crippen LogP contribution in [0.25, 0.3) is 0 Å². The number of hydrogen-bond acceptors (Lipinski definition) is 6. The Morgan fingerprint density at radius 1 is 1.10 bits per heavy atom. The molecule has 0 fully saturated rings. The summed E-state index contributed by atoms with van der Waals surface area (Å²) in [6.07, 6.45) is 0.0231. The van der Waals surface area contributed by atoms with Crippen molar-refractivity contribution in [2.45, 2.75) is 26.5 Å². The van der Waals surface area contributed by atoms with E-state index >= 15 is 0 Å². The lowest BCUT2D eigenvalue weighted by atomic mass is 10.2. The maximum atomic E-state index is 12.4. The summed E-state index contributed by atoms with van der Waals surface area (Å²) in [4.78, 5) is 13.8. The van der Waals surface area contributed by atoms with Gasteiger partial charge in [-0.25, -0.2) is 8.42 Å². The molecule has 0 aliphatic carbocycles. The van der Waals surface area contributed by atoms with Crippen LogP contribution in [0.5, 0.6) is 17.2 Å². The van der Waals surface area contributed by atoms with Gasteiger partial charge >= 0.3 is 0 Å². The Morgan fingerprint density at radius 3 is 2.43 bits per heavy atom. The van der Waals surface area contributed by atoms with Gasteiger partial charge in [-0.15, -0.1) is 0 Å². The molecule has 2 aromatic carbocycles. The zero-order valence-corrected chi connectivity index (χ0v) is 18.1. The number of hydrogen-bond donors (Lipinski definition) is 1. The third-order valence-corrected chi connectivity index (χ3v) is 5.44. The van der Waals surface area contributed by atoms with E-state index in [2.05, 4.69) is 4.72 Å². The second kappa shape index (κ2) is 9.25. The van der Waals surface area contributed by atoms with Gasteiger partial charge in [0, 0.05) is 19.3 Å². The monoisotopic (exact) mass is 434 g/mol. The standard InChI is InChI=1S/C21H26N2O6S/c1-15(2)29-18-7-5-17(6-8-18)22-30(25,26)14-21(24)23(3)13-16-4-9-19-20(12-16)28-11-10-27-19/h4-9,12,15,22H,10-11,13-14H2,1-3H3. The first-order valence-electron chi connectivity index (χ1n) is 9.61. The van der Waals surface area contributed by atoms with Crippen molar-refractivity contribution < 1.29 is 27.4 Å². The van der Waals surface area contributed by atoms with Crippen LogP contribution in [0.4, 0.5) is 5.69 Å². The van der Waals surface area contributed by atoms with Crippen LogP contribution in [-0.4, -0.2) is 51.3 Å². The van der Waals surface area contributed by atoms with Crippen LogP contribution in [0.2, 0.25) is 0 Å². The highest BCUT2D eigenvalue weighted by molar-refractivity contribution is 7.93. The Labute approximate surface area is 176 Å². The minimum atomic E-state index is -3.85. The highest BCUT2D eigenvalue weighted by Gasteiger charge is 2.21. The summed E-state index contributed by atoms with van der Waals surface area (Å²) in [5, 5.41) is 0. The lowest BCUT2D eigenvalue weighted by Crippen LogP contribution is -2.34. The molecule has 1 amide bonds. The molecule has 0 spiro atoms. The molecule has 9 heteroatoms. The molecule has 3 rings (SSSR count). The summed E-state index contributed by atoms with van der Waals surface area (Å²) in [5.74, 6) is 0.757. The van der Waals surface area contributed by atoms with E-state index in [9.17, 15) is 13.2 Å². The number of anilines is 1. The summed E-state index contributed by atoms with van der Waals surface area (Å²) in [5.41, 5.74) is 1.19. The first-order chi connectivity index (χ1) is 14.2. The number of rotatable bonds is 8.